The summed E-state index contributed by atoms with van der Waals surface area (Å²) in [7, 11) is 0. The summed E-state index contributed by atoms with van der Waals surface area (Å²) in [6.45, 7) is 11.5. The van der Waals surface area contributed by atoms with Gasteiger partial charge in [0.05, 0.1) is 16.1 Å². The smallest absolute Gasteiger partial charge is 0.163 e. The minimum atomic E-state index is -0.0537. The Bertz CT molecular complexity index is 550. The number of hydrogen-bond donors (Lipinski definition) is 0. The summed E-state index contributed by atoms with van der Waals surface area (Å²) in [4.78, 5) is 15.7. The number of Topliss-reactive ketones (excluding diaryl/α,β-unsaturated/α-hetero) is 1. The lowest BCUT2D eigenvalue weighted by atomic mass is 10.1. The van der Waals surface area contributed by atoms with Crippen LogP contribution < -0.4 is 0 Å². The van der Waals surface area contributed by atoms with Crippen LogP contribution >= 0.6 is 11.6 Å². The molecule has 0 aliphatic rings. The Hall–Kier alpha value is -1.41. The van der Waals surface area contributed by atoms with Gasteiger partial charge in [-0.3, -0.25) is 9.78 Å². The van der Waals surface area contributed by atoms with Crippen molar-refractivity contribution in [1.29, 1.82) is 0 Å². The Morgan fingerprint density at radius 2 is 1.74 bits per heavy atom. The van der Waals surface area contributed by atoms with E-state index >= 15 is 0 Å². The number of fused-ring (bicyclic) bond motifs is 1. The fourth-order valence-electron chi connectivity index (χ4n) is 1.62. The second-order valence-corrected chi connectivity index (χ2v) is 3.97. The molecule has 0 saturated carbocycles. The third-order valence-corrected chi connectivity index (χ3v) is 2.61. The summed E-state index contributed by atoms with van der Waals surface area (Å²) >= 11 is 5.98. The van der Waals surface area contributed by atoms with Crippen molar-refractivity contribution in [2.75, 3.05) is 0 Å². The van der Waals surface area contributed by atoms with Gasteiger partial charge in [0.15, 0.2) is 5.78 Å². The van der Waals surface area contributed by atoms with E-state index < -0.39 is 0 Å². The zero-order valence-electron chi connectivity index (χ0n) is 12.5. The number of pyridine rings is 1. The first kappa shape index (κ1) is 17.6. The summed E-state index contributed by atoms with van der Waals surface area (Å²) in [6, 6.07) is 5.61. The van der Waals surface area contributed by atoms with Crippen LogP contribution in [0.25, 0.3) is 10.9 Å². The highest BCUT2D eigenvalue weighted by Gasteiger charge is 2.11. The van der Waals surface area contributed by atoms with Crippen molar-refractivity contribution < 1.29 is 4.79 Å². The van der Waals surface area contributed by atoms with Crippen LogP contribution in [0.5, 0.6) is 0 Å². The van der Waals surface area contributed by atoms with Gasteiger partial charge in [0.25, 0.3) is 0 Å². The first-order valence-corrected chi connectivity index (χ1v) is 7.03. The first-order valence-electron chi connectivity index (χ1n) is 6.65. The molecule has 3 heteroatoms. The van der Waals surface area contributed by atoms with Crippen LogP contribution in [0.2, 0.25) is 5.02 Å². The van der Waals surface area contributed by atoms with Gasteiger partial charge in [-0.1, -0.05) is 45.4 Å². The lowest BCUT2D eigenvalue weighted by Crippen LogP contribution is -1.97. The Labute approximate surface area is 120 Å². The van der Waals surface area contributed by atoms with E-state index in [9.17, 15) is 4.79 Å². The fraction of sp³-hybridized carbons (Fsp3) is 0.375. The highest BCUT2D eigenvalue weighted by Crippen LogP contribution is 2.25. The highest BCUT2D eigenvalue weighted by atomic mass is 35.5. The molecule has 0 atom stereocenters. The Kier molecular flexibility index (Phi) is 8.01. The molecule has 2 aromatic rings. The number of carbonyl (C=O) groups is 1. The molecule has 0 saturated heterocycles. The van der Waals surface area contributed by atoms with Crippen molar-refractivity contribution in [3.05, 3.63) is 40.5 Å². The second-order valence-electron chi connectivity index (χ2n) is 3.56. The molecule has 2 rings (SSSR count). The van der Waals surface area contributed by atoms with E-state index in [0.717, 1.165) is 10.9 Å². The quantitative estimate of drug-likeness (QED) is 0.650. The number of carbonyl (C=O) groups excluding carboxylic acids is 1. The molecule has 19 heavy (non-hydrogen) atoms. The van der Waals surface area contributed by atoms with Crippen molar-refractivity contribution >= 4 is 28.3 Å². The third kappa shape index (κ3) is 4.32. The van der Waals surface area contributed by atoms with Crippen molar-refractivity contribution in [1.82, 2.24) is 4.98 Å². The number of nitrogens with zero attached hydrogens (tertiary/aromatic N) is 1. The van der Waals surface area contributed by atoms with E-state index in [4.69, 9.17) is 11.6 Å². The number of hydrogen-bond acceptors (Lipinski definition) is 2. The number of aromatic nitrogens is 1. The normalized spacial score (nSPS) is 9.00. The number of aryl methyl sites for hydroxylation is 1. The standard InChI is InChI=1S/C12H10ClNO.2C2H6/c1-7-5-9-3-4-10(13)11(8(2)15)12(9)14-6-7;2*1-2/h3-6H,1-2H3;2*1-2H3. The SMILES string of the molecule is CC.CC.CC(=O)c1c(Cl)ccc2cc(C)cnc12. The number of ketones is 1. The lowest BCUT2D eigenvalue weighted by Gasteiger charge is -2.05. The minimum Gasteiger partial charge on any atom is -0.294 e. The van der Waals surface area contributed by atoms with Crippen molar-refractivity contribution in [2.45, 2.75) is 41.5 Å². The molecule has 0 unspecified atom stereocenters. The van der Waals surface area contributed by atoms with Crippen molar-refractivity contribution in [3.63, 3.8) is 0 Å². The van der Waals surface area contributed by atoms with Gasteiger partial charge in [-0.25, -0.2) is 0 Å². The summed E-state index contributed by atoms with van der Waals surface area (Å²) in [5.74, 6) is -0.0537. The maximum Gasteiger partial charge on any atom is 0.163 e. The fourth-order valence-corrected chi connectivity index (χ4v) is 1.91. The van der Waals surface area contributed by atoms with Crippen LogP contribution in [0.15, 0.2) is 24.4 Å². The molecule has 0 amide bonds. The molecule has 0 N–H and O–H groups in total. The summed E-state index contributed by atoms with van der Waals surface area (Å²) in [5.41, 5.74) is 2.26. The van der Waals surface area contributed by atoms with Gasteiger partial charge in [0.2, 0.25) is 0 Å². The monoisotopic (exact) mass is 279 g/mol. The lowest BCUT2D eigenvalue weighted by molar-refractivity contribution is 0.101. The zero-order valence-corrected chi connectivity index (χ0v) is 13.3. The topological polar surface area (TPSA) is 30.0 Å². The molecule has 2 nitrogen and oxygen atoms in total. The molecule has 0 spiro atoms. The molecule has 0 aliphatic heterocycles. The van der Waals surface area contributed by atoms with Gasteiger partial charge < -0.3 is 0 Å². The van der Waals surface area contributed by atoms with Gasteiger partial charge in [-0.15, -0.1) is 0 Å². The van der Waals surface area contributed by atoms with Crippen LogP contribution in [0.4, 0.5) is 0 Å². The third-order valence-electron chi connectivity index (χ3n) is 2.29. The van der Waals surface area contributed by atoms with Gasteiger partial charge in [0, 0.05) is 11.6 Å². The molecule has 0 radical (unpaired) electrons. The van der Waals surface area contributed by atoms with E-state index in [-0.39, 0.29) is 5.78 Å². The van der Waals surface area contributed by atoms with Gasteiger partial charge in [0.1, 0.15) is 0 Å². The Morgan fingerprint density at radius 3 is 2.26 bits per heavy atom. The van der Waals surface area contributed by atoms with Crippen molar-refractivity contribution in [3.8, 4) is 0 Å². The average Bonchev–Trinajstić information content (AvgIpc) is 2.43. The minimum absolute atomic E-state index is 0.0537. The first-order chi connectivity index (χ1) is 9.09. The molecule has 1 aromatic carbocycles. The van der Waals surface area contributed by atoms with E-state index in [1.807, 2.05) is 46.8 Å². The predicted octanol–water partition coefficient (Wildman–Crippen LogP) is 5.45. The van der Waals surface area contributed by atoms with E-state index in [0.29, 0.717) is 16.1 Å². The number of halogens is 1. The summed E-state index contributed by atoms with van der Waals surface area (Å²) in [5, 5.41) is 1.41. The molecular weight excluding hydrogens is 258 g/mol. The number of benzene rings is 1. The van der Waals surface area contributed by atoms with Gasteiger partial charge >= 0.3 is 0 Å². The van der Waals surface area contributed by atoms with Crippen LogP contribution in [0, 0.1) is 6.92 Å². The van der Waals surface area contributed by atoms with Crippen LogP contribution in [-0.2, 0) is 0 Å². The average molecular weight is 280 g/mol. The van der Waals surface area contributed by atoms with Gasteiger partial charge in [-0.2, -0.15) is 0 Å². The molecule has 0 aliphatic carbocycles. The largest absolute Gasteiger partial charge is 0.294 e. The predicted molar refractivity (Wildman–Crippen MR) is 84.2 cm³/mol. The van der Waals surface area contributed by atoms with Crippen LogP contribution in [0.3, 0.4) is 0 Å². The molecule has 1 aromatic heterocycles. The second kappa shape index (κ2) is 8.65. The zero-order chi connectivity index (χ0) is 15.0. The molecule has 104 valence electrons. The van der Waals surface area contributed by atoms with E-state index in [2.05, 4.69) is 4.98 Å². The molecular formula is C16H22ClNO. The van der Waals surface area contributed by atoms with Gasteiger partial charge in [-0.05, 0) is 31.5 Å². The molecule has 0 bridgehead atoms. The van der Waals surface area contributed by atoms with E-state index in [1.165, 1.54) is 6.92 Å². The van der Waals surface area contributed by atoms with Crippen LogP contribution in [-0.4, -0.2) is 10.8 Å². The number of rotatable bonds is 1. The van der Waals surface area contributed by atoms with Crippen molar-refractivity contribution in [2.24, 2.45) is 0 Å². The van der Waals surface area contributed by atoms with Crippen LogP contribution in [0.1, 0.15) is 50.5 Å². The Balaban J connectivity index is 0.000000741. The maximum absolute atomic E-state index is 11.4. The maximum atomic E-state index is 11.4. The molecule has 1 heterocycles. The van der Waals surface area contributed by atoms with E-state index in [1.54, 1.807) is 12.3 Å². The highest BCUT2D eigenvalue weighted by molar-refractivity contribution is 6.35. The Morgan fingerprint density at radius 1 is 1.16 bits per heavy atom. The molecule has 0 fully saturated rings. The summed E-state index contributed by atoms with van der Waals surface area (Å²) < 4.78 is 0. The summed E-state index contributed by atoms with van der Waals surface area (Å²) in [6.07, 6.45) is 1.74.